The number of aromatic nitrogens is 1. The first-order chi connectivity index (χ1) is 6.29. The molecule has 2 aromatic rings. The van der Waals surface area contributed by atoms with Gasteiger partial charge in [0.1, 0.15) is 0 Å². The van der Waals surface area contributed by atoms with E-state index in [-0.39, 0.29) is 0 Å². The van der Waals surface area contributed by atoms with Gasteiger partial charge in [0.15, 0.2) is 0 Å². The molecule has 1 N–H and O–H groups in total. The molecular weight excluding hydrogens is 158 g/mol. The lowest BCUT2D eigenvalue weighted by Gasteiger charge is -1.90. The number of benzene rings is 1. The third-order valence-corrected chi connectivity index (χ3v) is 2.14. The van der Waals surface area contributed by atoms with E-state index >= 15 is 0 Å². The lowest BCUT2D eigenvalue weighted by molar-refractivity contribution is 1.42. The average molecular weight is 171 g/mol. The van der Waals surface area contributed by atoms with E-state index in [2.05, 4.69) is 42.2 Å². The van der Waals surface area contributed by atoms with Gasteiger partial charge in [-0.05, 0) is 38.1 Å². The number of H-pyrrole nitrogens is 1. The zero-order chi connectivity index (χ0) is 9.26. The molecule has 0 bridgehead atoms. The van der Waals surface area contributed by atoms with E-state index in [1.54, 1.807) is 0 Å². The quantitative estimate of drug-likeness (QED) is 0.675. The van der Waals surface area contributed by atoms with Crippen LogP contribution in [0.15, 0.2) is 30.3 Å². The zero-order valence-electron chi connectivity index (χ0n) is 7.96. The molecule has 0 fully saturated rings. The van der Waals surface area contributed by atoms with Crippen LogP contribution in [-0.4, -0.2) is 4.98 Å². The van der Waals surface area contributed by atoms with Crippen molar-refractivity contribution >= 4 is 17.0 Å². The molecule has 0 amide bonds. The number of rotatable bonds is 1. The van der Waals surface area contributed by atoms with Crippen LogP contribution in [-0.2, 0) is 0 Å². The second-order valence-electron chi connectivity index (χ2n) is 3.32. The molecule has 2 rings (SSSR count). The number of hydrogen-bond acceptors (Lipinski definition) is 0. The average Bonchev–Trinajstić information content (AvgIpc) is 2.46. The molecule has 0 aliphatic carbocycles. The van der Waals surface area contributed by atoms with Gasteiger partial charge in [-0.15, -0.1) is 0 Å². The van der Waals surface area contributed by atoms with Crippen LogP contribution < -0.4 is 0 Å². The minimum Gasteiger partial charge on any atom is -0.355 e. The first kappa shape index (κ1) is 8.11. The second kappa shape index (κ2) is 3.09. The van der Waals surface area contributed by atoms with E-state index in [0.29, 0.717) is 0 Å². The molecule has 0 spiro atoms. The van der Waals surface area contributed by atoms with Crippen LogP contribution in [0.2, 0.25) is 0 Å². The van der Waals surface area contributed by atoms with Gasteiger partial charge in [0.2, 0.25) is 0 Å². The summed E-state index contributed by atoms with van der Waals surface area (Å²) in [5.74, 6) is 0. The van der Waals surface area contributed by atoms with E-state index in [4.69, 9.17) is 0 Å². The molecule has 1 aromatic carbocycles. The summed E-state index contributed by atoms with van der Waals surface area (Å²) >= 11 is 0. The van der Waals surface area contributed by atoms with E-state index in [9.17, 15) is 0 Å². The number of nitrogens with one attached hydrogen (secondary N) is 1. The molecule has 1 heterocycles. The summed E-state index contributed by atoms with van der Waals surface area (Å²) in [6, 6.07) is 8.61. The van der Waals surface area contributed by atoms with Crippen molar-refractivity contribution in [1.82, 2.24) is 4.98 Å². The Bertz CT molecular complexity index is 449. The molecule has 1 aromatic heterocycles. The highest BCUT2D eigenvalue weighted by molar-refractivity contribution is 5.83. The Labute approximate surface area is 78.1 Å². The number of fused-ring (bicyclic) bond motifs is 1. The standard InChI is InChI=1S/C12H13N/c1-3-4-11-8-10-7-9(2)5-6-12(10)13-11/h3-8,13H,1-2H3/b4-3+. The predicted octanol–water partition coefficient (Wildman–Crippen LogP) is 3.51. The van der Waals surface area contributed by atoms with Gasteiger partial charge in [-0.25, -0.2) is 0 Å². The first-order valence-electron chi connectivity index (χ1n) is 4.51. The third kappa shape index (κ3) is 1.50. The van der Waals surface area contributed by atoms with Crippen LogP contribution >= 0.6 is 0 Å². The Hall–Kier alpha value is -1.50. The highest BCUT2D eigenvalue weighted by atomic mass is 14.7. The molecule has 66 valence electrons. The van der Waals surface area contributed by atoms with Gasteiger partial charge in [0, 0.05) is 16.6 Å². The van der Waals surface area contributed by atoms with Crippen molar-refractivity contribution < 1.29 is 0 Å². The molecule has 0 unspecified atom stereocenters. The van der Waals surface area contributed by atoms with Gasteiger partial charge in [-0.1, -0.05) is 17.7 Å². The maximum absolute atomic E-state index is 3.34. The maximum Gasteiger partial charge on any atom is 0.0458 e. The van der Waals surface area contributed by atoms with E-state index in [1.807, 2.05) is 13.0 Å². The number of allylic oxidation sites excluding steroid dienone is 1. The van der Waals surface area contributed by atoms with Crippen molar-refractivity contribution in [2.75, 3.05) is 0 Å². The van der Waals surface area contributed by atoms with Crippen LogP contribution in [0.1, 0.15) is 18.2 Å². The monoisotopic (exact) mass is 171 g/mol. The molecule has 0 radical (unpaired) electrons. The smallest absolute Gasteiger partial charge is 0.0458 e. The molecule has 0 atom stereocenters. The Morgan fingerprint density at radius 3 is 2.85 bits per heavy atom. The summed E-state index contributed by atoms with van der Waals surface area (Å²) in [7, 11) is 0. The lowest BCUT2D eigenvalue weighted by atomic mass is 10.2. The van der Waals surface area contributed by atoms with Crippen molar-refractivity contribution in [3.8, 4) is 0 Å². The zero-order valence-corrected chi connectivity index (χ0v) is 7.96. The van der Waals surface area contributed by atoms with E-state index < -0.39 is 0 Å². The largest absolute Gasteiger partial charge is 0.355 e. The molecule has 1 heteroatoms. The van der Waals surface area contributed by atoms with Crippen molar-refractivity contribution in [2.24, 2.45) is 0 Å². The Morgan fingerprint density at radius 2 is 2.08 bits per heavy atom. The molecule has 0 aliphatic heterocycles. The fourth-order valence-corrected chi connectivity index (χ4v) is 1.54. The van der Waals surface area contributed by atoms with Crippen molar-refractivity contribution in [3.05, 3.63) is 41.6 Å². The fourth-order valence-electron chi connectivity index (χ4n) is 1.54. The van der Waals surface area contributed by atoms with Gasteiger partial charge in [0.05, 0.1) is 0 Å². The minimum absolute atomic E-state index is 1.17. The molecule has 0 saturated carbocycles. The number of hydrogen-bond donors (Lipinski definition) is 1. The topological polar surface area (TPSA) is 15.8 Å². The Kier molecular flexibility index (Phi) is 1.93. The Morgan fingerprint density at radius 1 is 1.23 bits per heavy atom. The predicted molar refractivity (Wildman–Crippen MR) is 57.7 cm³/mol. The SMILES string of the molecule is C/C=C/c1cc2cc(C)ccc2[nH]1. The summed E-state index contributed by atoms with van der Waals surface area (Å²) in [4.78, 5) is 3.34. The molecule has 0 aliphatic rings. The van der Waals surface area contributed by atoms with Gasteiger partial charge in [0.25, 0.3) is 0 Å². The van der Waals surface area contributed by atoms with Crippen molar-refractivity contribution in [3.63, 3.8) is 0 Å². The molecule has 1 nitrogen and oxygen atoms in total. The van der Waals surface area contributed by atoms with Crippen LogP contribution in [0.5, 0.6) is 0 Å². The third-order valence-electron chi connectivity index (χ3n) is 2.14. The van der Waals surface area contributed by atoms with Crippen LogP contribution in [0.4, 0.5) is 0 Å². The number of aryl methyl sites for hydroxylation is 1. The summed E-state index contributed by atoms with van der Waals surface area (Å²) < 4.78 is 0. The van der Waals surface area contributed by atoms with Crippen molar-refractivity contribution in [2.45, 2.75) is 13.8 Å². The van der Waals surface area contributed by atoms with Gasteiger partial charge in [-0.3, -0.25) is 0 Å². The molecule has 0 saturated heterocycles. The van der Waals surface area contributed by atoms with Gasteiger partial charge < -0.3 is 4.98 Å². The van der Waals surface area contributed by atoms with Crippen LogP contribution in [0, 0.1) is 6.92 Å². The second-order valence-corrected chi connectivity index (χ2v) is 3.32. The first-order valence-corrected chi connectivity index (χ1v) is 4.51. The molecule has 13 heavy (non-hydrogen) atoms. The van der Waals surface area contributed by atoms with Gasteiger partial charge >= 0.3 is 0 Å². The highest BCUT2D eigenvalue weighted by Gasteiger charge is 1.96. The lowest BCUT2D eigenvalue weighted by Crippen LogP contribution is -1.70. The normalized spacial score (nSPS) is 11.5. The van der Waals surface area contributed by atoms with Gasteiger partial charge in [-0.2, -0.15) is 0 Å². The summed E-state index contributed by atoms with van der Waals surface area (Å²) in [6.45, 7) is 4.14. The highest BCUT2D eigenvalue weighted by Crippen LogP contribution is 2.17. The van der Waals surface area contributed by atoms with Crippen LogP contribution in [0.25, 0.3) is 17.0 Å². The molecular formula is C12H13N. The maximum atomic E-state index is 3.34. The van der Waals surface area contributed by atoms with Crippen LogP contribution in [0.3, 0.4) is 0 Å². The van der Waals surface area contributed by atoms with Crippen molar-refractivity contribution in [1.29, 1.82) is 0 Å². The Balaban J connectivity index is 2.62. The fraction of sp³-hybridized carbons (Fsp3) is 0.167. The van der Waals surface area contributed by atoms with E-state index in [0.717, 1.165) is 0 Å². The summed E-state index contributed by atoms with van der Waals surface area (Å²) in [6.07, 6.45) is 4.12. The summed E-state index contributed by atoms with van der Waals surface area (Å²) in [5.41, 5.74) is 3.68. The number of aromatic amines is 1. The summed E-state index contributed by atoms with van der Waals surface area (Å²) in [5, 5.41) is 1.29. The van der Waals surface area contributed by atoms with E-state index in [1.165, 1.54) is 22.2 Å². The minimum atomic E-state index is 1.17.